The van der Waals surface area contributed by atoms with Crippen LogP contribution in [0.1, 0.15) is 21.6 Å². The predicted octanol–water partition coefficient (Wildman–Crippen LogP) is 7.83. The number of rotatable bonds is 7. The highest BCUT2D eigenvalue weighted by molar-refractivity contribution is 6.11. The molecular formula is C31H24F3N3O. The lowest BCUT2D eigenvalue weighted by molar-refractivity contribution is -0.137. The molecule has 4 aromatic carbocycles. The van der Waals surface area contributed by atoms with E-state index in [1.165, 1.54) is 12.1 Å². The van der Waals surface area contributed by atoms with Gasteiger partial charge in [0.05, 0.1) is 5.56 Å². The second-order valence-corrected chi connectivity index (χ2v) is 8.85. The lowest BCUT2D eigenvalue weighted by atomic mass is 9.94. The number of hydrogen-bond acceptors (Lipinski definition) is 3. The summed E-state index contributed by atoms with van der Waals surface area (Å²) in [4.78, 5) is 17.7. The summed E-state index contributed by atoms with van der Waals surface area (Å²) in [7, 11) is 0. The molecule has 1 amide bonds. The molecule has 0 fully saturated rings. The maximum absolute atomic E-state index is 13.4. The smallest absolute Gasteiger partial charge is 0.385 e. The number of alkyl halides is 3. The maximum atomic E-state index is 13.4. The Bertz CT molecular complexity index is 1550. The molecule has 0 unspecified atom stereocenters. The van der Waals surface area contributed by atoms with Gasteiger partial charge in [-0.2, -0.15) is 13.2 Å². The first-order valence-corrected chi connectivity index (χ1v) is 12.1. The van der Waals surface area contributed by atoms with Gasteiger partial charge in [-0.15, -0.1) is 0 Å². The topological polar surface area (TPSA) is 54.0 Å². The molecule has 0 saturated carbocycles. The number of benzene rings is 4. The average Bonchev–Trinajstić information content (AvgIpc) is 2.93. The van der Waals surface area contributed by atoms with Crippen LogP contribution in [0.15, 0.2) is 109 Å². The fraction of sp³-hybridized carbons (Fsp3) is 0.0968. The quantitative estimate of drug-likeness (QED) is 0.234. The largest absolute Gasteiger partial charge is 0.416 e. The van der Waals surface area contributed by atoms with Gasteiger partial charge in [-0.25, -0.2) is 0 Å². The third-order valence-electron chi connectivity index (χ3n) is 6.23. The predicted molar refractivity (Wildman–Crippen MR) is 145 cm³/mol. The summed E-state index contributed by atoms with van der Waals surface area (Å²) in [6.07, 6.45) is -1.87. The van der Waals surface area contributed by atoms with Crippen molar-refractivity contribution in [1.29, 1.82) is 0 Å². The zero-order valence-corrected chi connectivity index (χ0v) is 20.3. The maximum Gasteiger partial charge on any atom is 0.416 e. The van der Waals surface area contributed by atoms with Gasteiger partial charge in [0.25, 0.3) is 5.91 Å². The molecule has 0 bridgehead atoms. The fourth-order valence-corrected chi connectivity index (χ4v) is 4.26. The zero-order chi connectivity index (χ0) is 26.5. The summed E-state index contributed by atoms with van der Waals surface area (Å²) in [5, 5.41) is 8.01. The highest BCUT2D eigenvalue weighted by Gasteiger charge is 2.30. The second kappa shape index (κ2) is 10.8. The van der Waals surface area contributed by atoms with Crippen LogP contribution in [0.3, 0.4) is 0 Å². The van der Waals surface area contributed by atoms with Gasteiger partial charge in [-0.05, 0) is 82.6 Å². The van der Waals surface area contributed by atoms with E-state index in [2.05, 4.69) is 15.6 Å². The number of halogens is 3. The molecule has 0 spiro atoms. The lowest BCUT2D eigenvalue weighted by Crippen LogP contribution is -2.13. The van der Waals surface area contributed by atoms with Crippen molar-refractivity contribution in [2.24, 2.45) is 0 Å². The fourth-order valence-electron chi connectivity index (χ4n) is 4.26. The first-order chi connectivity index (χ1) is 18.4. The van der Waals surface area contributed by atoms with Crippen LogP contribution in [0.4, 0.5) is 24.5 Å². The van der Waals surface area contributed by atoms with Crippen LogP contribution in [-0.2, 0) is 12.6 Å². The highest BCUT2D eigenvalue weighted by Crippen LogP contribution is 2.34. The first-order valence-electron chi connectivity index (χ1n) is 12.1. The van der Waals surface area contributed by atoms with Crippen molar-refractivity contribution in [2.45, 2.75) is 12.6 Å². The molecule has 0 aliphatic rings. The van der Waals surface area contributed by atoms with Gasteiger partial charge in [0.1, 0.15) is 0 Å². The number of nitrogens with one attached hydrogen (secondary N) is 2. The van der Waals surface area contributed by atoms with Gasteiger partial charge >= 0.3 is 6.18 Å². The molecule has 0 saturated heterocycles. The molecule has 5 rings (SSSR count). The van der Waals surface area contributed by atoms with E-state index in [0.717, 1.165) is 47.3 Å². The zero-order valence-electron chi connectivity index (χ0n) is 20.3. The number of carbonyl (C=O) groups excluding carboxylic acids is 1. The molecule has 0 radical (unpaired) electrons. The third kappa shape index (κ3) is 5.83. The molecule has 5 aromatic rings. The SMILES string of the molecule is O=C(Nc1ccc(NCCc2ccccn2)cc1)c1cc2ccccc2cc1-c1ccc(C(F)(F)F)cc1. The van der Waals surface area contributed by atoms with Crippen LogP contribution in [-0.4, -0.2) is 17.4 Å². The summed E-state index contributed by atoms with van der Waals surface area (Å²) >= 11 is 0. The van der Waals surface area contributed by atoms with E-state index in [-0.39, 0.29) is 5.91 Å². The van der Waals surface area contributed by atoms with E-state index < -0.39 is 11.7 Å². The van der Waals surface area contributed by atoms with Gasteiger partial charge in [0.15, 0.2) is 0 Å². The van der Waals surface area contributed by atoms with E-state index in [4.69, 9.17) is 0 Å². The lowest BCUT2D eigenvalue weighted by Gasteiger charge is -2.14. The number of fused-ring (bicyclic) bond motifs is 1. The van der Waals surface area contributed by atoms with Crippen molar-refractivity contribution >= 4 is 28.1 Å². The molecule has 7 heteroatoms. The molecule has 0 aliphatic carbocycles. The number of hydrogen-bond donors (Lipinski definition) is 2. The third-order valence-corrected chi connectivity index (χ3v) is 6.23. The van der Waals surface area contributed by atoms with E-state index >= 15 is 0 Å². The van der Waals surface area contributed by atoms with E-state index in [1.807, 2.05) is 60.7 Å². The normalized spacial score (nSPS) is 11.3. The van der Waals surface area contributed by atoms with Gasteiger partial charge in [-0.1, -0.05) is 42.5 Å². The van der Waals surface area contributed by atoms with Gasteiger partial charge in [0, 0.05) is 41.8 Å². The standard InChI is InChI=1S/C31H24F3N3O/c32-31(33,34)24-10-8-21(9-11-24)28-19-22-5-1-2-6-23(22)20-29(28)30(38)37-27-14-12-26(13-15-27)36-18-16-25-7-3-4-17-35-25/h1-15,17,19-20,36H,16,18H2,(H,37,38). The Kier molecular flexibility index (Phi) is 7.09. The molecule has 4 nitrogen and oxygen atoms in total. The summed E-state index contributed by atoms with van der Waals surface area (Å²) in [6.45, 7) is 0.719. The molecule has 190 valence electrons. The summed E-state index contributed by atoms with van der Waals surface area (Å²) in [6, 6.07) is 29.2. The van der Waals surface area contributed by atoms with Crippen LogP contribution < -0.4 is 10.6 Å². The van der Waals surface area contributed by atoms with Gasteiger partial charge in [0.2, 0.25) is 0 Å². The van der Waals surface area contributed by atoms with Gasteiger partial charge in [-0.3, -0.25) is 9.78 Å². The Balaban J connectivity index is 1.35. The van der Waals surface area contributed by atoms with Crippen molar-refractivity contribution in [3.63, 3.8) is 0 Å². The van der Waals surface area contributed by atoms with Crippen LogP contribution >= 0.6 is 0 Å². The van der Waals surface area contributed by atoms with Crippen LogP contribution in [0.5, 0.6) is 0 Å². The monoisotopic (exact) mass is 511 g/mol. The number of carbonyl (C=O) groups is 1. The number of nitrogens with zero attached hydrogens (tertiary/aromatic N) is 1. The molecule has 0 atom stereocenters. The first kappa shape index (κ1) is 25.0. The number of aromatic nitrogens is 1. The average molecular weight is 512 g/mol. The Morgan fingerprint density at radius 1 is 0.763 bits per heavy atom. The minimum atomic E-state index is -4.43. The molecule has 38 heavy (non-hydrogen) atoms. The molecular weight excluding hydrogens is 487 g/mol. The summed E-state index contributed by atoms with van der Waals surface area (Å²) in [5.74, 6) is -0.346. The van der Waals surface area contributed by atoms with Crippen LogP contribution in [0.25, 0.3) is 21.9 Å². The summed E-state index contributed by atoms with van der Waals surface area (Å²) < 4.78 is 39.3. The number of anilines is 2. The Morgan fingerprint density at radius 2 is 1.42 bits per heavy atom. The Labute approximate surface area is 218 Å². The van der Waals surface area contributed by atoms with E-state index in [9.17, 15) is 18.0 Å². The van der Waals surface area contributed by atoms with Crippen LogP contribution in [0.2, 0.25) is 0 Å². The van der Waals surface area contributed by atoms with Crippen molar-refractivity contribution in [1.82, 2.24) is 4.98 Å². The van der Waals surface area contributed by atoms with Crippen molar-refractivity contribution in [3.05, 3.63) is 126 Å². The molecule has 1 heterocycles. The minimum Gasteiger partial charge on any atom is -0.385 e. The van der Waals surface area contributed by atoms with E-state index in [1.54, 1.807) is 24.4 Å². The minimum absolute atomic E-state index is 0.346. The molecule has 0 aliphatic heterocycles. The highest BCUT2D eigenvalue weighted by atomic mass is 19.4. The number of amides is 1. The van der Waals surface area contributed by atoms with Crippen molar-refractivity contribution < 1.29 is 18.0 Å². The van der Waals surface area contributed by atoms with Crippen molar-refractivity contribution in [3.8, 4) is 11.1 Å². The van der Waals surface area contributed by atoms with Crippen molar-refractivity contribution in [2.75, 3.05) is 17.2 Å². The van der Waals surface area contributed by atoms with E-state index in [0.29, 0.717) is 22.4 Å². The number of pyridine rings is 1. The van der Waals surface area contributed by atoms with Crippen LogP contribution in [0, 0.1) is 0 Å². The summed E-state index contributed by atoms with van der Waals surface area (Å²) in [5.41, 5.74) is 3.25. The Hall–Kier alpha value is -4.65. The Morgan fingerprint density at radius 3 is 2.08 bits per heavy atom. The van der Waals surface area contributed by atoms with Gasteiger partial charge < -0.3 is 10.6 Å². The molecule has 2 N–H and O–H groups in total. The molecule has 1 aromatic heterocycles. The second-order valence-electron chi connectivity index (χ2n) is 8.85.